The summed E-state index contributed by atoms with van der Waals surface area (Å²) in [5, 5.41) is 6.77. The summed E-state index contributed by atoms with van der Waals surface area (Å²) in [5.41, 5.74) is 1.18. The molecule has 0 atom stereocenters. The number of ether oxygens (including phenoxy) is 1. The largest absolute Gasteiger partial charge is 0.497 e. The van der Waals surface area contributed by atoms with Crippen molar-refractivity contribution in [2.75, 3.05) is 24.3 Å². The highest BCUT2D eigenvalue weighted by Crippen LogP contribution is 2.32. The first kappa shape index (κ1) is 16.7. The predicted molar refractivity (Wildman–Crippen MR) is 91.6 cm³/mol. The smallest absolute Gasteiger partial charge is 0.243 e. The maximum absolute atomic E-state index is 11.9. The van der Waals surface area contributed by atoms with Crippen LogP contribution in [0.25, 0.3) is 0 Å². The van der Waals surface area contributed by atoms with E-state index in [2.05, 4.69) is 10.6 Å². The average molecular weight is 360 g/mol. The molecule has 0 fully saturated rings. The van der Waals surface area contributed by atoms with E-state index < -0.39 is 0 Å². The molecule has 0 spiro atoms. The van der Waals surface area contributed by atoms with Gasteiger partial charge in [0.15, 0.2) is 0 Å². The monoisotopic (exact) mass is 358 g/mol. The molecule has 4 nitrogen and oxygen atoms in total. The predicted octanol–water partition coefficient (Wildman–Crippen LogP) is 4.71. The van der Waals surface area contributed by atoms with E-state index in [0.717, 1.165) is 0 Å². The van der Waals surface area contributed by atoms with Gasteiger partial charge in [-0.2, -0.15) is 0 Å². The summed E-state index contributed by atoms with van der Waals surface area (Å²) < 4.78 is 5.09. The van der Waals surface area contributed by atoms with Crippen LogP contribution in [0.2, 0.25) is 15.1 Å². The number of halogens is 3. The van der Waals surface area contributed by atoms with E-state index in [1.54, 1.807) is 37.4 Å². The average Bonchev–Trinajstić information content (AvgIpc) is 2.49. The Hall–Kier alpha value is -1.62. The van der Waals surface area contributed by atoms with Crippen molar-refractivity contribution in [1.82, 2.24) is 0 Å². The van der Waals surface area contributed by atoms with Crippen LogP contribution in [0.1, 0.15) is 0 Å². The van der Waals surface area contributed by atoms with E-state index in [1.807, 2.05) is 0 Å². The molecule has 0 aliphatic carbocycles. The Kier molecular flexibility index (Phi) is 5.77. The third-order valence-corrected chi connectivity index (χ3v) is 3.84. The standard InChI is InChI=1S/C15H13Cl3N2O2/c1-22-10-4-2-3-9(5-10)20-15(21)8-19-14-7-12(17)11(16)6-13(14)18/h2-7,19H,8H2,1H3,(H,20,21). The fourth-order valence-corrected chi connectivity index (χ4v) is 2.35. The van der Waals surface area contributed by atoms with E-state index in [0.29, 0.717) is 32.2 Å². The Morgan fingerprint density at radius 1 is 1.09 bits per heavy atom. The number of hydrogen-bond acceptors (Lipinski definition) is 3. The van der Waals surface area contributed by atoms with Crippen LogP contribution >= 0.6 is 34.8 Å². The number of carbonyl (C=O) groups excluding carboxylic acids is 1. The lowest BCUT2D eigenvalue weighted by Crippen LogP contribution is -2.21. The summed E-state index contributed by atoms with van der Waals surface area (Å²) in [6.45, 7) is 0.0366. The Morgan fingerprint density at radius 2 is 1.82 bits per heavy atom. The summed E-state index contributed by atoms with van der Waals surface area (Å²) in [4.78, 5) is 11.9. The molecular weight excluding hydrogens is 347 g/mol. The van der Waals surface area contributed by atoms with Crippen LogP contribution in [-0.2, 0) is 4.79 Å². The quantitative estimate of drug-likeness (QED) is 0.760. The first-order valence-corrected chi connectivity index (χ1v) is 7.45. The first-order chi connectivity index (χ1) is 10.5. The number of benzene rings is 2. The minimum Gasteiger partial charge on any atom is -0.497 e. The number of amides is 1. The fourth-order valence-electron chi connectivity index (χ4n) is 1.74. The number of carbonyl (C=O) groups is 1. The van der Waals surface area contributed by atoms with Gasteiger partial charge in [0.2, 0.25) is 5.91 Å². The van der Waals surface area contributed by atoms with Gasteiger partial charge in [0.1, 0.15) is 5.75 Å². The molecule has 0 unspecified atom stereocenters. The van der Waals surface area contributed by atoms with Gasteiger partial charge in [-0.05, 0) is 24.3 Å². The van der Waals surface area contributed by atoms with Crippen LogP contribution in [0.4, 0.5) is 11.4 Å². The molecule has 22 heavy (non-hydrogen) atoms. The normalized spacial score (nSPS) is 10.2. The van der Waals surface area contributed by atoms with Gasteiger partial charge in [0, 0.05) is 11.8 Å². The first-order valence-electron chi connectivity index (χ1n) is 6.32. The number of nitrogens with one attached hydrogen (secondary N) is 2. The number of anilines is 2. The van der Waals surface area contributed by atoms with E-state index in [1.165, 1.54) is 6.07 Å². The summed E-state index contributed by atoms with van der Waals surface area (Å²) in [7, 11) is 1.56. The Labute approximate surface area is 143 Å². The zero-order chi connectivity index (χ0) is 16.1. The lowest BCUT2D eigenvalue weighted by molar-refractivity contribution is -0.114. The highest BCUT2D eigenvalue weighted by atomic mass is 35.5. The minimum absolute atomic E-state index is 0.0366. The van der Waals surface area contributed by atoms with Crippen molar-refractivity contribution >= 4 is 52.1 Å². The number of rotatable bonds is 5. The fraction of sp³-hybridized carbons (Fsp3) is 0.133. The van der Waals surface area contributed by atoms with E-state index in [9.17, 15) is 4.79 Å². The maximum atomic E-state index is 11.9. The van der Waals surface area contributed by atoms with Gasteiger partial charge >= 0.3 is 0 Å². The molecule has 0 aromatic heterocycles. The van der Waals surface area contributed by atoms with Gasteiger partial charge < -0.3 is 15.4 Å². The molecule has 1 amide bonds. The second kappa shape index (κ2) is 7.58. The Bertz CT molecular complexity index is 692. The van der Waals surface area contributed by atoms with Crippen LogP contribution in [-0.4, -0.2) is 19.6 Å². The van der Waals surface area contributed by atoms with Gasteiger partial charge in [-0.1, -0.05) is 40.9 Å². The molecule has 0 aliphatic heterocycles. The number of methoxy groups -OCH3 is 1. The molecular formula is C15H13Cl3N2O2. The van der Waals surface area contributed by atoms with Crippen molar-refractivity contribution in [1.29, 1.82) is 0 Å². The molecule has 0 bridgehead atoms. The second-order valence-corrected chi connectivity index (χ2v) is 5.60. The van der Waals surface area contributed by atoms with Gasteiger partial charge in [0.25, 0.3) is 0 Å². The number of hydrogen-bond donors (Lipinski definition) is 2. The van der Waals surface area contributed by atoms with Crippen LogP contribution in [0.15, 0.2) is 36.4 Å². The van der Waals surface area contributed by atoms with Crippen molar-refractivity contribution in [2.24, 2.45) is 0 Å². The van der Waals surface area contributed by atoms with E-state index in [-0.39, 0.29) is 12.5 Å². The van der Waals surface area contributed by atoms with Gasteiger partial charge in [-0.3, -0.25) is 4.79 Å². The van der Waals surface area contributed by atoms with Crippen molar-refractivity contribution in [3.05, 3.63) is 51.5 Å². The third kappa shape index (κ3) is 4.44. The molecule has 0 heterocycles. The van der Waals surface area contributed by atoms with Crippen molar-refractivity contribution in [3.8, 4) is 5.75 Å². The third-order valence-electron chi connectivity index (χ3n) is 2.80. The molecule has 0 saturated carbocycles. The van der Waals surface area contributed by atoms with Crippen molar-refractivity contribution in [2.45, 2.75) is 0 Å². The summed E-state index contributed by atoms with van der Waals surface area (Å²) >= 11 is 17.8. The van der Waals surface area contributed by atoms with E-state index >= 15 is 0 Å². The summed E-state index contributed by atoms with van der Waals surface area (Å²) in [6, 6.07) is 10.2. The molecule has 0 radical (unpaired) electrons. The molecule has 2 N–H and O–H groups in total. The second-order valence-electron chi connectivity index (χ2n) is 4.38. The summed E-state index contributed by atoms with van der Waals surface area (Å²) in [6.07, 6.45) is 0. The topological polar surface area (TPSA) is 50.4 Å². The molecule has 2 aromatic carbocycles. The molecule has 2 aromatic rings. The highest BCUT2D eigenvalue weighted by molar-refractivity contribution is 6.44. The van der Waals surface area contributed by atoms with Crippen molar-refractivity contribution < 1.29 is 9.53 Å². The Morgan fingerprint density at radius 3 is 2.55 bits per heavy atom. The summed E-state index contributed by atoms with van der Waals surface area (Å²) in [5.74, 6) is 0.439. The van der Waals surface area contributed by atoms with Crippen LogP contribution in [0, 0.1) is 0 Å². The zero-order valence-corrected chi connectivity index (χ0v) is 13.9. The maximum Gasteiger partial charge on any atom is 0.243 e. The molecule has 7 heteroatoms. The van der Waals surface area contributed by atoms with Crippen LogP contribution in [0.3, 0.4) is 0 Å². The highest BCUT2D eigenvalue weighted by Gasteiger charge is 2.08. The Balaban J connectivity index is 1.97. The molecule has 116 valence electrons. The van der Waals surface area contributed by atoms with E-state index in [4.69, 9.17) is 39.5 Å². The van der Waals surface area contributed by atoms with Crippen molar-refractivity contribution in [3.63, 3.8) is 0 Å². The zero-order valence-electron chi connectivity index (χ0n) is 11.6. The SMILES string of the molecule is COc1cccc(NC(=O)CNc2cc(Cl)c(Cl)cc2Cl)c1. The van der Waals surface area contributed by atoms with Gasteiger partial charge in [-0.25, -0.2) is 0 Å². The van der Waals surface area contributed by atoms with Crippen LogP contribution < -0.4 is 15.4 Å². The molecule has 0 aliphatic rings. The van der Waals surface area contributed by atoms with Gasteiger partial charge in [-0.15, -0.1) is 0 Å². The lowest BCUT2D eigenvalue weighted by atomic mass is 10.3. The van der Waals surface area contributed by atoms with Gasteiger partial charge in [0.05, 0.1) is 34.4 Å². The molecule has 2 rings (SSSR count). The minimum atomic E-state index is -0.226. The van der Waals surface area contributed by atoms with Crippen LogP contribution in [0.5, 0.6) is 5.75 Å². The molecule has 0 saturated heterocycles. The lowest BCUT2D eigenvalue weighted by Gasteiger charge is -2.11.